The molecule has 0 radical (unpaired) electrons. The van der Waals surface area contributed by atoms with Gasteiger partial charge in [-0.2, -0.15) is 0 Å². The van der Waals surface area contributed by atoms with Gasteiger partial charge in [-0.1, -0.05) is 0 Å². The SMILES string of the molecule is O=C(CN(CCCN1CCOCC1)C(=O)Nc1ccc([N+](=O)[O-])cc1)N(Cc1ccco1)CC1CCCO1. The zero-order valence-corrected chi connectivity index (χ0v) is 21.5. The lowest BCUT2D eigenvalue weighted by molar-refractivity contribution is -0.384. The summed E-state index contributed by atoms with van der Waals surface area (Å²) < 4.78 is 16.6. The molecule has 38 heavy (non-hydrogen) atoms. The van der Waals surface area contributed by atoms with Crippen molar-refractivity contribution in [2.24, 2.45) is 0 Å². The first-order valence-corrected chi connectivity index (χ1v) is 13.0. The Morgan fingerprint density at radius 1 is 1.11 bits per heavy atom. The molecule has 2 aromatic rings. The summed E-state index contributed by atoms with van der Waals surface area (Å²) in [6, 6.07) is 8.77. The van der Waals surface area contributed by atoms with Crippen LogP contribution in [0.25, 0.3) is 0 Å². The van der Waals surface area contributed by atoms with Crippen molar-refractivity contribution in [3.05, 3.63) is 58.5 Å². The number of benzene rings is 1. The molecule has 1 N–H and O–H groups in total. The topological polar surface area (TPSA) is 131 Å². The van der Waals surface area contributed by atoms with Crippen molar-refractivity contribution in [3.63, 3.8) is 0 Å². The van der Waals surface area contributed by atoms with Crippen molar-refractivity contribution >= 4 is 23.3 Å². The van der Waals surface area contributed by atoms with Gasteiger partial charge in [-0.3, -0.25) is 19.8 Å². The van der Waals surface area contributed by atoms with E-state index in [-0.39, 0.29) is 30.8 Å². The molecule has 206 valence electrons. The molecule has 3 amide bonds. The van der Waals surface area contributed by atoms with Gasteiger partial charge in [0.05, 0.1) is 37.0 Å². The number of anilines is 1. The number of furan rings is 1. The van der Waals surface area contributed by atoms with E-state index in [4.69, 9.17) is 13.9 Å². The van der Waals surface area contributed by atoms with E-state index in [0.717, 1.165) is 32.5 Å². The summed E-state index contributed by atoms with van der Waals surface area (Å²) in [6.07, 6.45) is 4.05. The summed E-state index contributed by atoms with van der Waals surface area (Å²) in [5, 5.41) is 13.7. The molecule has 1 aromatic heterocycles. The summed E-state index contributed by atoms with van der Waals surface area (Å²) in [7, 11) is 0. The molecule has 1 unspecified atom stereocenters. The van der Waals surface area contributed by atoms with Crippen molar-refractivity contribution in [3.8, 4) is 0 Å². The Kier molecular flexibility index (Phi) is 10.1. The van der Waals surface area contributed by atoms with Gasteiger partial charge in [-0.05, 0) is 43.5 Å². The summed E-state index contributed by atoms with van der Waals surface area (Å²) in [5.74, 6) is 0.452. The second-order valence-electron chi connectivity index (χ2n) is 9.45. The molecule has 2 aliphatic heterocycles. The molecule has 0 saturated carbocycles. The molecule has 1 atom stereocenters. The predicted octanol–water partition coefficient (Wildman–Crippen LogP) is 2.95. The number of non-ortho nitro benzene ring substituents is 1. The maximum atomic E-state index is 13.5. The molecule has 1 aromatic carbocycles. The van der Waals surface area contributed by atoms with Crippen LogP contribution in [0.4, 0.5) is 16.2 Å². The van der Waals surface area contributed by atoms with Gasteiger partial charge < -0.3 is 29.0 Å². The van der Waals surface area contributed by atoms with Crippen molar-refractivity contribution < 1.29 is 28.4 Å². The van der Waals surface area contributed by atoms with E-state index in [9.17, 15) is 19.7 Å². The number of nitrogens with one attached hydrogen (secondary N) is 1. The Hall–Kier alpha value is -3.48. The first-order valence-electron chi connectivity index (χ1n) is 13.0. The van der Waals surface area contributed by atoms with Crippen LogP contribution in [0.1, 0.15) is 25.0 Å². The Labute approximate surface area is 221 Å². The van der Waals surface area contributed by atoms with Gasteiger partial charge in [0.1, 0.15) is 12.3 Å². The molecule has 3 heterocycles. The minimum absolute atomic E-state index is 0.0439. The third-order valence-corrected chi connectivity index (χ3v) is 6.68. The number of nitro groups is 1. The number of nitrogens with zero attached hydrogens (tertiary/aromatic N) is 4. The number of amides is 3. The first-order chi connectivity index (χ1) is 18.5. The minimum atomic E-state index is -0.496. The van der Waals surface area contributed by atoms with E-state index >= 15 is 0 Å². The fourth-order valence-electron chi connectivity index (χ4n) is 4.57. The van der Waals surface area contributed by atoms with E-state index in [2.05, 4.69) is 10.2 Å². The number of urea groups is 1. The number of ether oxygens (including phenoxy) is 2. The van der Waals surface area contributed by atoms with Crippen molar-refractivity contribution in [2.75, 3.05) is 64.4 Å². The summed E-state index contributed by atoms with van der Waals surface area (Å²) in [4.78, 5) is 42.7. The standard InChI is InChI=1S/C26H35N5O7/c32-25(30(18-23-4-1-14-37-23)19-24-5-2-15-38-24)20-29(11-3-10-28-12-16-36-17-13-28)26(33)27-21-6-8-22(9-7-21)31(34)35/h1,4,6-9,14,24H,2-3,5,10-13,15-20H2,(H,27,33). The van der Waals surface area contributed by atoms with Crippen LogP contribution in [0.5, 0.6) is 0 Å². The second-order valence-corrected chi connectivity index (χ2v) is 9.45. The van der Waals surface area contributed by atoms with E-state index < -0.39 is 11.0 Å². The number of rotatable bonds is 12. The highest BCUT2D eigenvalue weighted by Gasteiger charge is 2.26. The van der Waals surface area contributed by atoms with Crippen LogP contribution >= 0.6 is 0 Å². The van der Waals surface area contributed by atoms with E-state index in [1.54, 1.807) is 17.2 Å². The zero-order valence-electron chi connectivity index (χ0n) is 21.5. The monoisotopic (exact) mass is 529 g/mol. The van der Waals surface area contributed by atoms with Gasteiger partial charge in [0, 0.05) is 57.2 Å². The van der Waals surface area contributed by atoms with Crippen molar-refractivity contribution in [1.82, 2.24) is 14.7 Å². The van der Waals surface area contributed by atoms with Crippen LogP contribution in [-0.2, 0) is 20.8 Å². The quantitative estimate of drug-likeness (QED) is 0.328. The highest BCUT2D eigenvalue weighted by Crippen LogP contribution is 2.18. The van der Waals surface area contributed by atoms with Crippen LogP contribution in [0, 0.1) is 10.1 Å². The third kappa shape index (κ3) is 8.27. The summed E-state index contributed by atoms with van der Waals surface area (Å²) in [5.41, 5.74) is 0.348. The molecule has 0 spiro atoms. The second kappa shape index (κ2) is 13.9. The Morgan fingerprint density at radius 2 is 1.89 bits per heavy atom. The van der Waals surface area contributed by atoms with E-state index in [0.29, 0.717) is 50.8 Å². The average molecular weight is 530 g/mol. The molecule has 4 rings (SSSR count). The third-order valence-electron chi connectivity index (χ3n) is 6.68. The largest absolute Gasteiger partial charge is 0.467 e. The van der Waals surface area contributed by atoms with Crippen LogP contribution in [0.3, 0.4) is 0 Å². The Bertz CT molecular complexity index is 1030. The van der Waals surface area contributed by atoms with Gasteiger partial charge in [0.25, 0.3) is 5.69 Å². The molecule has 2 fully saturated rings. The van der Waals surface area contributed by atoms with Gasteiger partial charge in [-0.25, -0.2) is 4.79 Å². The average Bonchev–Trinajstić information content (AvgIpc) is 3.63. The molecule has 0 aliphatic carbocycles. The lowest BCUT2D eigenvalue weighted by Crippen LogP contribution is -2.47. The number of carbonyl (C=O) groups excluding carboxylic acids is 2. The number of morpholine rings is 1. The van der Waals surface area contributed by atoms with Crippen LogP contribution in [0.2, 0.25) is 0 Å². The molecule has 2 saturated heterocycles. The lowest BCUT2D eigenvalue weighted by Gasteiger charge is -2.30. The molecule has 12 heteroatoms. The smallest absolute Gasteiger partial charge is 0.322 e. The van der Waals surface area contributed by atoms with Crippen molar-refractivity contribution in [2.45, 2.75) is 31.9 Å². The Balaban J connectivity index is 1.42. The zero-order chi connectivity index (χ0) is 26.7. The normalized spacial score (nSPS) is 17.7. The highest BCUT2D eigenvalue weighted by atomic mass is 16.6. The number of hydrogen-bond acceptors (Lipinski definition) is 8. The first kappa shape index (κ1) is 27.6. The summed E-state index contributed by atoms with van der Waals surface area (Å²) >= 11 is 0. The lowest BCUT2D eigenvalue weighted by atomic mass is 10.2. The molecular weight excluding hydrogens is 494 g/mol. The maximum Gasteiger partial charge on any atom is 0.322 e. The van der Waals surface area contributed by atoms with Crippen LogP contribution in [0.15, 0.2) is 47.1 Å². The van der Waals surface area contributed by atoms with Gasteiger partial charge in [0.15, 0.2) is 0 Å². The van der Waals surface area contributed by atoms with E-state index in [1.807, 2.05) is 6.07 Å². The number of nitro benzene ring substituents is 1. The minimum Gasteiger partial charge on any atom is -0.467 e. The number of carbonyl (C=O) groups is 2. The maximum absolute atomic E-state index is 13.5. The van der Waals surface area contributed by atoms with Crippen LogP contribution in [-0.4, -0.2) is 96.8 Å². The highest BCUT2D eigenvalue weighted by molar-refractivity contribution is 5.92. The fourth-order valence-corrected chi connectivity index (χ4v) is 4.57. The van der Waals surface area contributed by atoms with Crippen molar-refractivity contribution in [1.29, 1.82) is 0 Å². The van der Waals surface area contributed by atoms with E-state index in [1.165, 1.54) is 29.2 Å². The van der Waals surface area contributed by atoms with Gasteiger partial charge in [0.2, 0.25) is 5.91 Å². The fraction of sp³-hybridized carbons (Fsp3) is 0.538. The van der Waals surface area contributed by atoms with Crippen LogP contribution < -0.4 is 5.32 Å². The molecule has 0 bridgehead atoms. The number of hydrogen-bond donors (Lipinski definition) is 1. The summed E-state index contributed by atoms with van der Waals surface area (Å²) in [6.45, 7) is 5.48. The van der Waals surface area contributed by atoms with Gasteiger partial charge >= 0.3 is 6.03 Å². The molecule has 2 aliphatic rings. The molecular formula is C26H35N5O7. The van der Waals surface area contributed by atoms with Gasteiger partial charge in [-0.15, -0.1) is 0 Å². The Morgan fingerprint density at radius 3 is 2.55 bits per heavy atom. The predicted molar refractivity (Wildman–Crippen MR) is 139 cm³/mol. The molecule has 12 nitrogen and oxygen atoms in total.